The standard InChI is InChI=1S/C13H17BrClNO/c14-11-3-2-10(12(15)6-11)7-13(8-16)4-1-5-17-9-13/h2-3,6H,1,4-5,7-9,16H2. The fourth-order valence-corrected chi connectivity index (χ4v) is 3.09. The number of benzene rings is 1. The second kappa shape index (κ2) is 5.70. The van der Waals surface area contributed by atoms with E-state index in [-0.39, 0.29) is 5.41 Å². The van der Waals surface area contributed by atoms with Gasteiger partial charge in [0.2, 0.25) is 0 Å². The van der Waals surface area contributed by atoms with Crippen molar-refractivity contribution < 1.29 is 4.74 Å². The van der Waals surface area contributed by atoms with E-state index in [1.165, 1.54) is 0 Å². The van der Waals surface area contributed by atoms with Crippen LogP contribution in [0.2, 0.25) is 5.02 Å². The van der Waals surface area contributed by atoms with Gasteiger partial charge in [-0.2, -0.15) is 0 Å². The lowest BCUT2D eigenvalue weighted by molar-refractivity contribution is -0.00262. The van der Waals surface area contributed by atoms with Gasteiger partial charge in [0.1, 0.15) is 0 Å². The molecule has 17 heavy (non-hydrogen) atoms. The molecule has 1 unspecified atom stereocenters. The minimum atomic E-state index is 0.0652. The van der Waals surface area contributed by atoms with Gasteiger partial charge >= 0.3 is 0 Å². The zero-order valence-corrected chi connectivity index (χ0v) is 12.1. The molecule has 0 spiro atoms. The summed E-state index contributed by atoms with van der Waals surface area (Å²) in [5.74, 6) is 0. The zero-order chi connectivity index (χ0) is 12.3. The van der Waals surface area contributed by atoms with Crippen molar-refractivity contribution in [2.24, 2.45) is 11.1 Å². The summed E-state index contributed by atoms with van der Waals surface area (Å²) in [5.41, 5.74) is 7.16. The molecular formula is C13H17BrClNO. The minimum absolute atomic E-state index is 0.0652. The molecule has 1 aliphatic heterocycles. The summed E-state index contributed by atoms with van der Waals surface area (Å²) in [6, 6.07) is 6.03. The molecule has 1 heterocycles. The van der Waals surface area contributed by atoms with E-state index in [4.69, 9.17) is 22.1 Å². The maximum absolute atomic E-state index is 6.26. The monoisotopic (exact) mass is 317 g/mol. The fourth-order valence-electron chi connectivity index (χ4n) is 2.35. The van der Waals surface area contributed by atoms with Crippen molar-refractivity contribution in [3.8, 4) is 0 Å². The van der Waals surface area contributed by atoms with Crippen molar-refractivity contribution in [2.45, 2.75) is 19.3 Å². The van der Waals surface area contributed by atoms with Crippen molar-refractivity contribution in [3.05, 3.63) is 33.3 Å². The Bertz CT molecular complexity index is 391. The first-order chi connectivity index (χ1) is 8.15. The van der Waals surface area contributed by atoms with Crippen LogP contribution < -0.4 is 5.73 Å². The molecule has 1 aromatic carbocycles. The minimum Gasteiger partial charge on any atom is -0.381 e. The summed E-state index contributed by atoms with van der Waals surface area (Å²) in [6.45, 7) is 2.26. The predicted molar refractivity (Wildman–Crippen MR) is 74.4 cm³/mol. The van der Waals surface area contributed by atoms with Gasteiger partial charge in [-0.05, 0) is 37.0 Å². The van der Waals surface area contributed by atoms with Gasteiger partial charge in [-0.1, -0.05) is 33.6 Å². The summed E-state index contributed by atoms with van der Waals surface area (Å²) in [5, 5.41) is 0.803. The molecule has 1 fully saturated rings. The Morgan fingerprint density at radius 1 is 1.47 bits per heavy atom. The van der Waals surface area contributed by atoms with E-state index in [0.717, 1.165) is 47.5 Å². The van der Waals surface area contributed by atoms with Crippen molar-refractivity contribution in [3.63, 3.8) is 0 Å². The maximum Gasteiger partial charge on any atom is 0.0537 e. The lowest BCUT2D eigenvalue weighted by Gasteiger charge is -2.36. The van der Waals surface area contributed by atoms with Crippen molar-refractivity contribution in [2.75, 3.05) is 19.8 Å². The molecule has 0 radical (unpaired) electrons. The van der Waals surface area contributed by atoms with E-state index in [2.05, 4.69) is 22.0 Å². The highest BCUT2D eigenvalue weighted by Gasteiger charge is 2.32. The van der Waals surface area contributed by atoms with Gasteiger partial charge in [-0.15, -0.1) is 0 Å². The van der Waals surface area contributed by atoms with Gasteiger partial charge in [0.25, 0.3) is 0 Å². The second-order valence-corrected chi connectivity index (χ2v) is 6.10. The zero-order valence-electron chi connectivity index (χ0n) is 9.72. The Kier molecular flexibility index (Phi) is 4.47. The highest BCUT2D eigenvalue weighted by molar-refractivity contribution is 9.10. The van der Waals surface area contributed by atoms with Crippen molar-refractivity contribution in [1.29, 1.82) is 0 Å². The lowest BCUT2D eigenvalue weighted by Crippen LogP contribution is -2.40. The maximum atomic E-state index is 6.26. The van der Waals surface area contributed by atoms with Crippen LogP contribution in [0.5, 0.6) is 0 Å². The molecule has 1 saturated heterocycles. The van der Waals surface area contributed by atoms with E-state index in [0.29, 0.717) is 6.54 Å². The van der Waals surface area contributed by atoms with Crippen molar-refractivity contribution >= 4 is 27.5 Å². The van der Waals surface area contributed by atoms with E-state index < -0.39 is 0 Å². The summed E-state index contributed by atoms with van der Waals surface area (Å²) < 4.78 is 6.59. The average molecular weight is 319 g/mol. The highest BCUT2D eigenvalue weighted by Crippen LogP contribution is 2.34. The molecule has 2 rings (SSSR count). The number of nitrogens with two attached hydrogens (primary N) is 1. The third-order valence-electron chi connectivity index (χ3n) is 3.42. The van der Waals surface area contributed by atoms with Crippen LogP contribution in [-0.2, 0) is 11.2 Å². The molecule has 0 bridgehead atoms. The molecule has 94 valence electrons. The van der Waals surface area contributed by atoms with Crippen LogP contribution in [0.25, 0.3) is 0 Å². The van der Waals surface area contributed by atoms with Crippen LogP contribution in [0.15, 0.2) is 22.7 Å². The third-order valence-corrected chi connectivity index (χ3v) is 4.26. The molecular weight excluding hydrogens is 302 g/mol. The first-order valence-electron chi connectivity index (χ1n) is 5.87. The largest absolute Gasteiger partial charge is 0.381 e. The van der Waals surface area contributed by atoms with Crippen LogP contribution in [0, 0.1) is 5.41 Å². The normalized spacial score (nSPS) is 24.9. The molecule has 0 aliphatic carbocycles. The van der Waals surface area contributed by atoms with E-state index in [1.54, 1.807) is 0 Å². The number of hydrogen-bond acceptors (Lipinski definition) is 2. The molecule has 4 heteroatoms. The summed E-state index contributed by atoms with van der Waals surface area (Å²) in [7, 11) is 0. The molecule has 2 N–H and O–H groups in total. The Morgan fingerprint density at radius 2 is 2.29 bits per heavy atom. The number of rotatable bonds is 3. The topological polar surface area (TPSA) is 35.2 Å². The molecule has 0 aromatic heterocycles. The molecule has 1 aliphatic rings. The predicted octanol–water partition coefficient (Wildman–Crippen LogP) is 3.40. The first kappa shape index (κ1) is 13.3. The van der Waals surface area contributed by atoms with E-state index >= 15 is 0 Å². The highest BCUT2D eigenvalue weighted by atomic mass is 79.9. The number of ether oxygens (including phenoxy) is 1. The van der Waals surface area contributed by atoms with E-state index in [9.17, 15) is 0 Å². The SMILES string of the molecule is NCC1(Cc2ccc(Br)cc2Cl)CCCOC1. The van der Waals surface area contributed by atoms with Crippen LogP contribution in [0.1, 0.15) is 18.4 Å². The Morgan fingerprint density at radius 3 is 2.88 bits per heavy atom. The number of halogens is 2. The Hall–Kier alpha value is -0.0900. The van der Waals surface area contributed by atoms with Gasteiger partial charge in [-0.25, -0.2) is 0 Å². The number of hydrogen-bond donors (Lipinski definition) is 1. The molecule has 2 nitrogen and oxygen atoms in total. The summed E-state index contributed by atoms with van der Waals surface area (Å²) in [6.07, 6.45) is 3.11. The second-order valence-electron chi connectivity index (χ2n) is 4.77. The van der Waals surface area contributed by atoms with Crippen molar-refractivity contribution in [1.82, 2.24) is 0 Å². The van der Waals surface area contributed by atoms with Crippen LogP contribution >= 0.6 is 27.5 Å². The van der Waals surface area contributed by atoms with Crippen LogP contribution in [0.4, 0.5) is 0 Å². The van der Waals surface area contributed by atoms with Gasteiger partial charge in [0.15, 0.2) is 0 Å². The van der Waals surface area contributed by atoms with Gasteiger partial charge in [0.05, 0.1) is 6.61 Å². The molecule has 1 atom stereocenters. The smallest absolute Gasteiger partial charge is 0.0537 e. The van der Waals surface area contributed by atoms with E-state index in [1.807, 2.05) is 12.1 Å². The van der Waals surface area contributed by atoms with Gasteiger partial charge in [0, 0.05) is 28.1 Å². The Balaban J connectivity index is 2.17. The fraction of sp³-hybridized carbons (Fsp3) is 0.538. The van der Waals surface area contributed by atoms with Gasteiger partial charge < -0.3 is 10.5 Å². The Labute approximate surface area is 116 Å². The lowest BCUT2D eigenvalue weighted by atomic mass is 9.77. The van der Waals surface area contributed by atoms with Crippen LogP contribution in [-0.4, -0.2) is 19.8 Å². The average Bonchev–Trinajstić information content (AvgIpc) is 2.34. The third kappa shape index (κ3) is 3.22. The summed E-state index contributed by atoms with van der Waals surface area (Å²) >= 11 is 9.67. The summed E-state index contributed by atoms with van der Waals surface area (Å²) in [4.78, 5) is 0. The van der Waals surface area contributed by atoms with Gasteiger partial charge in [-0.3, -0.25) is 0 Å². The van der Waals surface area contributed by atoms with Crippen LogP contribution in [0.3, 0.4) is 0 Å². The quantitative estimate of drug-likeness (QED) is 0.927. The molecule has 1 aromatic rings. The molecule has 0 saturated carbocycles. The first-order valence-corrected chi connectivity index (χ1v) is 7.04. The molecule has 0 amide bonds.